The van der Waals surface area contributed by atoms with E-state index >= 15 is 0 Å². The van der Waals surface area contributed by atoms with Crippen LogP contribution in [0.4, 0.5) is 0 Å². The van der Waals surface area contributed by atoms with Gasteiger partial charge >= 0.3 is 0 Å². The maximum Gasteiger partial charge on any atom is 0.225 e. The van der Waals surface area contributed by atoms with E-state index in [0.717, 1.165) is 38.3 Å². The highest BCUT2D eigenvalue weighted by atomic mass is 16.2. The van der Waals surface area contributed by atoms with Crippen LogP contribution in [0.2, 0.25) is 0 Å². The van der Waals surface area contributed by atoms with E-state index in [1.54, 1.807) is 0 Å². The van der Waals surface area contributed by atoms with Gasteiger partial charge in [-0.3, -0.25) is 9.59 Å². The van der Waals surface area contributed by atoms with Crippen LogP contribution in [0.5, 0.6) is 0 Å². The zero-order valence-corrected chi connectivity index (χ0v) is 18.4. The summed E-state index contributed by atoms with van der Waals surface area (Å²) in [6, 6.07) is 0. The van der Waals surface area contributed by atoms with Gasteiger partial charge in [0.1, 0.15) is 0 Å². The van der Waals surface area contributed by atoms with E-state index in [0.29, 0.717) is 16.7 Å². The number of rotatable bonds is 5. The number of amides is 2. The van der Waals surface area contributed by atoms with E-state index in [2.05, 4.69) is 20.8 Å². The maximum atomic E-state index is 12.8. The Morgan fingerprint density at radius 3 is 2.07 bits per heavy atom. The fourth-order valence-corrected chi connectivity index (χ4v) is 8.86. The highest BCUT2D eigenvalue weighted by Gasteiger charge is 2.63. The van der Waals surface area contributed by atoms with Crippen LogP contribution < -0.4 is 5.73 Å². The summed E-state index contributed by atoms with van der Waals surface area (Å²) in [7, 11) is 0. The van der Waals surface area contributed by atoms with Crippen molar-refractivity contribution in [2.45, 2.75) is 85.5 Å². The number of hydrogen-bond acceptors (Lipinski definition) is 2. The first-order chi connectivity index (χ1) is 13.1. The van der Waals surface area contributed by atoms with E-state index in [1.165, 1.54) is 38.5 Å². The molecule has 1 saturated heterocycles. The Morgan fingerprint density at radius 2 is 1.61 bits per heavy atom. The number of likely N-dealkylation sites (tertiary alicyclic amines) is 1. The molecular formula is C24H40N2O2. The van der Waals surface area contributed by atoms with Crippen molar-refractivity contribution in [2.24, 2.45) is 45.7 Å². The summed E-state index contributed by atoms with van der Waals surface area (Å²) < 4.78 is 0. The zero-order chi connectivity index (χ0) is 20.3. The summed E-state index contributed by atoms with van der Waals surface area (Å²) in [5, 5.41) is 0. The quantitative estimate of drug-likeness (QED) is 0.760. The molecule has 0 spiro atoms. The van der Waals surface area contributed by atoms with Gasteiger partial charge in [-0.15, -0.1) is 0 Å². The number of hydrogen-bond donors (Lipinski definition) is 1. The lowest BCUT2D eigenvalue weighted by atomic mass is 9.37. The van der Waals surface area contributed by atoms with E-state index in [4.69, 9.17) is 5.73 Å². The molecule has 2 amide bonds. The highest BCUT2D eigenvalue weighted by molar-refractivity contribution is 5.79. The fourth-order valence-electron chi connectivity index (χ4n) is 8.86. The molecule has 4 aliphatic carbocycles. The lowest BCUT2D eigenvalue weighted by Crippen LogP contribution is -2.61. The third kappa shape index (κ3) is 3.29. The van der Waals surface area contributed by atoms with Gasteiger partial charge in [-0.25, -0.2) is 0 Å². The molecular weight excluding hydrogens is 348 g/mol. The van der Waals surface area contributed by atoms with Crippen LogP contribution in [-0.2, 0) is 9.59 Å². The molecule has 5 rings (SSSR count). The molecule has 0 aromatic carbocycles. The highest BCUT2D eigenvalue weighted by Crippen LogP contribution is 2.72. The second kappa shape index (κ2) is 6.74. The van der Waals surface area contributed by atoms with Crippen LogP contribution >= 0.6 is 0 Å². The Kier molecular flexibility index (Phi) is 4.87. The monoisotopic (exact) mass is 388 g/mol. The van der Waals surface area contributed by atoms with Gasteiger partial charge in [0, 0.05) is 24.9 Å². The summed E-state index contributed by atoms with van der Waals surface area (Å²) in [5.74, 6) is 1.44. The van der Waals surface area contributed by atoms with Gasteiger partial charge in [0.15, 0.2) is 0 Å². The lowest BCUT2D eigenvalue weighted by Gasteiger charge is -2.67. The predicted octanol–water partition coefficient (Wildman–Crippen LogP) is 4.37. The smallest absolute Gasteiger partial charge is 0.225 e. The summed E-state index contributed by atoms with van der Waals surface area (Å²) in [5.41, 5.74) is 7.03. The van der Waals surface area contributed by atoms with Gasteiger partial charge in [0.2, 0.25) is 11.8 Å². The molecule has 6 atom stereocenters. The summed E-state index contributed by atoms with van der Waals surface area (Å²) in [6.45, 7) is 10.6. The van der Waals surface area contributed by atoms with Crippen LogP contribution in [0.15, 0.2) is 0 Å². The number of carbonyl (C=O) groups excluding carboxylic acids is 2. The minimum absolute atomic E-state index is 0.00426. The standard InChI is InChI=1S/C24H40N2O2/c1-5-16(2)21(28)26-8-6-18(7-9-26)19(20(25)27)24-12-17-10-22(3,14-24)13-23(4,11-17)15-24/h16-19H,5-15H2,1-4H3,(H2,25,27)/t16?,17?,19?,22-,23+,24?. The van der Waals surface area contributed by atoms with Gasteiger partial charge in [0.05, 0.1) is 0 Å². The zero-order valence-electron chi connectivity index (χ0n) is 18.4. The first kappa shape index (κ1) is 20.2. The third-order valence-corrected chi connectivity index (χ3v) is 8.99. The molecule has 0 aromatic heterocycles. The Hall–Kier alpha value is -1.06. The van der Waals surface area contributed by atoms with Crippen molar-refractivity contribution in [3.8, 4) is 0 Å². The second-order valence-electron chi connectivity index (χ2n) is 11.8. The molecule has 4 saturated carbocycles. The molecule has 4 heteroatoms. The molecule has 28 heavy (non-hydrogen) atoms. The van der Waals surface area contributed by atoms with Crippen LogP contribution in [0.1, 0.15) is 85.5 Å². The van der Waals surface area contributed by atoms with Crippen molar-refractivity contribution in [1.82, 2.24) is 4.90 Å². The predicted molar refractivity (Wildman–Crippen MR) is 111 cm³/mol. The van der Waals surface area contributed by atoms with Crippen LogP contribution in [0, 0.1) is 39.9 Å². The average Bonchev–Trinajstić information content (AvgIpc) is 2.57. The van der Waals surface area contributed by atoms with E-state index in [9.17, 15) is 9.59 Å². The largest absolute Gasteiger partial charge is 0.369 e. The van der Waals surface area contributed by atoms with Gasteiger partial charge in [-0.1, -0.05) is 27.7 Å². The first-order valence-corrected chi connectivity index (χ1v) is 11.7. The topological polar surface area (TPSA) is 63.4 Å². The van der Waals surface area contributed by atoms with Crippen molar-refractivity contribution >= 4 is 11.8 Å². The van der Waals surface area contributed by atoms with Crippen molar-refractivity contribution in [3.05, 3.63) is 0 Å². The number of piperidine rings is 1. The Morgan fingerprint density at radius 1 is 1.04 bits per heavy atom. The van der Waals surface area contributed by atoms with Gasteiger partial charge < -0.3 is 10.6 Å². The number of primary amides is 1. The van der Waals surface area contributed by atoms with Gasteiger partial charge in [-0.05, 0) is 85.9 Å². The van der Waals surface area contributed by atoms with Crippen molar-refractivity contribution < 1.29 is 9.59 Å². The summed E-state index contributed by atoms with van der Waals surface area (Å²) in [6.07, 6.45) is 10.4. The molecule has 158 valence electrons. The van der Waals surface area contributed by atoms with Gasteiger partial charge in [0.25, 0.3) is 0 Å². The van der Waals surface area contributed by atoms with Crippen molar-refractivity contribution in [3.63, 3.8) is 0 Å². The number of nitrogens with zero attached hydrogens (tertiary/aromatic N) is 1. The van der Waals surface area contributed by atoms with Crippen molar-refractivity contribution in [1.29, 1.82) is 0 Å². The maximum absolute atomic E-state index is 12.8. The van der Waals surface area contributed by atoms with Crippen molar-refractivity contribution in [2.75, 3.05) is 13.1 Å². The summed E-state index contributed by atoms with van der Waals surface area (Å²) >= 11 is 0. The molecule has 1 aliphatic heterocycles. The van der Waals surface area contributed by atoms with E-state index in [1.807, 2.05) is 11.8 Å². The van der Waals surface area contributed by atoms with Gasteiger partial charge in [-0.2, -0.15) is 0 Å². The average molecular weight is 389 g/mol. The Bertz CT molecular complexity index is 633. The number of nitrogens with two attached hydrogens (primary N) is 1. The summed E-state index contributed by atoms with van der Waals surface area (Å²) in [4.78, 5) is 27.4. The van der Waals surface area contributed by atoms with Crippen LogP contribution in [0.3, 0.4) is 0 Å². The Balaban J connectivity index is 1.53. The molecule has 0 aromatic rings. The third-order valence-electron chi connectivity index (χ3n) is 8.99. The van der Waals surface area contributed by atoms with E-state index in [-0.39, 0.29) is 29.1 Å². The number of carbonyl (C=O) groups is 2. The van der Waals surface area contributed by atoms with Crippen LogP contribution in [-0.4, -0.2) is 29.8 Å². The minimum atomic E-state index is -0.0687. The molecule has 2 N–H and O–H groups in total. The Labute approximate surface area is 171 Å². The molecule has 5 fully saturated rings. The minimum Gasteiger partial charge on any atom is -0.369 e. The molecule has 1 heterocycles. The molecule has 0 radical (unpaired) electrons. The molecule has 5 aliphatic rings. The molecule has 4 nitrogen and oxygen atoms in total. The molecule has 4 unspecified atom stereocenters. The van der Waals surface area contributed by atoms with E-state index < -0.39 is 0 Å². The SMILES string of the molecule is CCC(C)C(=O)N1CCC(C(C(N)=O)C23CC4C[C@@](C)(C2)C[C@](C)(C4)C3)CC1. The first-order valence-electron chi connectivity index (χ1n) is 11.7. The van der Waals surface area contributed by atoms with Crippen LogP contribution in [0.25, 0.3) is 0 Å². The molecule has 4 bridgehead atoms. The normalized spacial score (nSPS) is 42.4. The fraction of sp³-hybridized carbons (Fsp3) is 0.917. The second-order valence-corrected chi connectivity index (χ2v) is 11.8. The lowest BCUT2D eigenvalue weighted by molar-refractivity contribution is -0.182.